The number of rotatable bonds is 4. The van der Waals surface area contributed by atoms with Gasteiger partial charge in [-0.3, -0.25) is 4.79 Å². The van der Waals surface area contributed by atoms with Crippen molar-refractivity contribution >= 4 is 28.2 Å². The molecule has 3 aliphatic rings. The van der Waals surface area contributed by atoms with Crippen molar-refractivity contribution < 1.29 is 14.3 Å². The summed E-state index contributed by atoms with van der Waals surface area (Å²) >= 11 is 1.59. The minimum Gasteiger partial charge on any atom is -0.462 e. The van der Waals surface area contributed by atoms with Crippen LogP contribution >= 0.6 is 11.3 Å². The molecule has 0 spiro atoms. The maximum absolute atomic E-state index is 12.9. The van der Waals surface area contributed by atoms with Crippen LogP contribution in [0.1, 0.15) is 66.8 Å². The van der Waals surface area contributed by atoms with Crippen molar-refractivity contribution in [1.82, 2.24) is 0 Å². The molecule has 3 aliphatic carbocycles. The lowest BCUT2D eigenvalue weighted by atomic mass is 9.87. The molecule has 1 aromatic rings. The Labute approximate surface area is 153 Å². The second-order valence-electron chi connectivity index (χ2n) is 8.05. The number of amides is 1. The van der Waals surface area contributed by atoms with Gasteiger partial charge in [0.1, 0.15) is 5.00 Å². The lowest BCUT2D eigenvalue weighted by molar-refractivity contribution is -0.121. The van der Waals surface area contributed by atoms with Gasteiger partial charge in [-0.25, -0.2) is 4.79 Å². The first-order chi connectivity index (χ1) is 12.1. The van der Waals surface area contributed by atoms with Crippen molar-refractivity contribution in [3.05, 3.63) is 16.0 Å². The second-order valence-corrected chi connectivity index (χ2v) is 9.15. The monoisotopic (exact) mass is 361 g/mol. The Morgan fingerprint density at radius 2 is 2.08 bits per heavy atom. The van der Waals surface area contributed by atoms with Crippen LogP contribution in [-0.4, -0.2) is 18.5 Å². The van der Waals surface area contributed by atoms with E-state index in [9.17, 15) is 9.59 Å². The molecule has 136 valence electrons. The number of anilines is 1. The van der Waals surface area contributed by atoms with Gasteiger partial charge in [0, 0.05) is 10.8 Å². The van der Waals surface area contributed by atoms with Crippen LogP contribution in [0.5, 0.6) is 0 Å². The van der Waals surface area contributed by atoms with E-state index in [2.05, 4.69) is 12.2 Å². The van der Waals surface area contributed by atoms with Gasteiger partial charge in [-0.2, -0.15) is 0 Å². The molecule has 1 aromatic heterocycles. The Balaban J connectivity index is 1.59. The van der Waals surface area contributed by atoms with E-state index < -0.39 is 0 Å². The summed E-state index contributed by atoms with van der Waals surface area (Å²) in [6.45, 7) is 4.44. The molecule has 0 saturated heterocycles. The van der Waals surface area contributed by atoms with Gasteiger partial charge in [0.15, 0.2) is 0 Å². The van der Waals surface area contributed by atoms with Crippen LogP contribution in [0.2, 0.25) is 0 Å². The number of carbonyl (C=O) groups is 2. The molecular formula is C20H27NO3S. The molecule has 4 atom stereocenters. The first-order valence-corrected chi connectivity index (χ1v) is 10.5. The predicted molar refractivity (Wildman–Crippen MR) is 99.0 cm³/mol. The van der Waals surface area contributed by atoms with E-state index >= 15 is 0 Å². The zero-order valence-electron chi connectivity index (χ0n) is 15.1. The standard InChI is InChI=1S/C20H27NO3S/c1-3-24-20(23)17-14-7-4-11(2)8-16(14)25-19(17)21-18(22)15-10-12-5-6-13(15)9-12/h11-13,15H,3-10H2,1-2H3,(H,21,22)/t11-,12+,13+,15+/m1/s1. The van der Waals surface area contributed by atoms with Crippen molar-refractivity contribution in [2.75, 3.05) is 11.9 Å². The minimum absolute atomic E-state index is 0.115. The van der Waals surface area contributed by atoms with Gasteiger partial charge >= 0.3 is 5.97 Å². The molecule has 4 nitrogen and oxygen atoms in total. The number of fused-ring (bicyclic) bond motifs is 3. The lowest BCUT2D eigenvalue weighted by Crippen LogP contribution is -2.27. The Kier molecular flexibility index (Phi) is 4.61. The van der Waals surface area contributed by atoms with Crippen LogP contribution in [0.25, 0.3) is 0 Å². The Hall–Kier alpha value is -1.36. The van der Waals surface area contributed by atoms with E-state index in [1.165, 1.54) is 24.1 Å². The summed E-state index contributed by atoms with van der Waals surface area (Å²) in [5.74, 6) is 1.89. The Morgan fingerprint density at radius 3 is 2.76 bits per heavy atom. The summed E-state index contributed by atoms with van der Waals surface area (Å²) in [5.41, 5.74) is 1.75. The van der Waals surface area contributed by atoms with Crippen molar-refractivity contribution in [3.8, 4) is 0 Å². The van der Waals surface area contributed by atoms with Gasteiger partial charge in [0.25, 0.3) is 0 Å². The fourth-order valence-electron chi connectivity index (χ4n) is 5.03. The molecule has 4 rings (SSSR count). The van der Waals surface area contributed by atoms with Crippen molar-refractivity contribution in [2.45, 2.75) is 58.8 Å². The summed E-state index contributed by atoms with van der Waals surface area (Å²) in [7, 11) is 0. The van der Waals surface area contributed by atoms with Crippen molar-refractivity contribution in [1.29, 1.82) is 0 Å². The highest BCUT2D eigenvalue weighted by atomic mass is 32.1. The van der Waals surface area contributed by atoms with E-state index in [-0.39, 0.29) is 17.8 Å². The molecular weight excluding hydrogens is 334 g/mol. The maximum atomic E-state index is 12.9. The molecule has 1 heterocycles. The summed E-state index contributed by atoms with van der Waals surface area (Å²) in [5, 5.41) is 3.85. The fraction of sp³-hybridized carbons (Fsp3) is 0.700. The highest BCUT2D eigenvalue weighted by Gasteiger charge is 2.43. The number of hydrogen-bond acceptors (Lipinski definition) is 4. The third-order valence-corrected chi connectivity index (χ3v) is 7.47. The first kappa shape index (κ1) is 17.1. The molecule has 0 aliphatic heterocycles. The Bertz CT molecular complexity index is 695. The van der Waals surface area contributed by atoms with Gasteiger partial charge in [-0.15, -0.1) is 11.3 Å². The van der Waals surface area contributed by atoms with Crippen LogP contribution in [0.3, 0.4) is 0 Å². The van der Waals surface area contributed by atoms with E-state index in [4.69, 9.17) is 4.74 Å². The molecule has 0 radical (unpaired) electrons. The topological polar surface area (TPSA) is 55.4 Å². The van der Waals surface area contributed by atoms with E-state index in [0.717, 1.165) is 42.2 Å². The van der Waals surface area contributed by atoms with Crippen molar-refractivity contribution in [3.63, 3.8) is 0 Å². The summed E-state index contributed by atoms with van der Waals surface area (Å²) < 4.78 is 5.29. The number of thiophene rings is 1. The molecule has 0 unspecified atom stereocenters. The molecule has 2 fully saturated rings. The minimum atomic E-state index is -0.280. The summed E-state index contributed by atoms with van der Waals surface area (Å²) in [6.07, 6.45) is 7.70. The summed E-state index contributed by atoms with van der Waals surface area (Å²) in [6, 6.07) is 0. The van der Waals surface area contributed by atoms with Gasteiger partial charge in [-0.1, -0.05) is 13.3 Å². The molecule has 5 heteroatoms. The van der Waals surface area contributed by atoms with E-state index in [0.29, 0.717) is 24.0 Å². The van der Waals surface area contributed by atoms with Gasteiger partial charge in [0.05, 0.1) is 12.2 Å². The van der Waals surface area contributed by atoms with Crippen LogP contribution in [0.15, 0.2) is 0 Å². The SMILES string of the molecule is CCOC(=O)c1c(NC(=O)[C@H]2C[C@H]3CC[C@H]2C3)sc2c1CC[C@@H](C)C2. The maximum Gasteiger partial charge on any atom is 0.341 e. The normalized spacial score (nSPS) is 30.2. The second kappa shape index (κ2) is 6.75. The van der Waals surface area contributed by atoms with Gasteiger partial charge < -0.3 is 10.1 Å². The average Bonchev–Trinajstić information content (AvgIpc) is 3.27. The molecule has 25 heavy (non-hydrogen) atoms. The zero-order chi connectivity index (χ0) is 17.6. The quantitative estimate of drug-likeness (QED) is 0.808. The number of esters is 1. The third-order valence-electron chi connectivity index (χ3n) is 6.30. The van der Waals surface area contributed by atoms with Gasteiger partial charge in [-0.05, 0) is 68.8 Å². The van der Waals surface area contributed by atoms with Crippen LogP contribution in [0, 0.1) is 23.7 Å². The summed E-state index contributed by atoms with van der Waals surface area (Å²) in [4.78, 5) is 26.7. The average molecular weight is 362 g/mol. The largest absolute Gasteiger partial charge is 0.462 e. The van der Waals surface area contributed by atoms with Crippen LogP contribution < -0.4 is 5.32 Å². The van der Waals surface area contributed by atoms with Crippen LogP contribution in [0.4, 0.5) is 5.00 Å². The highest BCUT2D eigenvalue weighted by Crippen LogP contribution is 2.49. The lowest BCUT2D eigenvalue weighted by Gasteiger charge is -2.20. The third kappa shape index (κ3) is 3.12. The number of hydrogen-bond donors (Lipinski definition) is 1. The van der Waals surface area contributed by atoms with Crippen LogP contribution in [-0.2, 0) is 22.4 Å². The van der Waals surface area contributed by atoms with E-state index in [1.807, 2.05) is 6.92 Å². The Morgan fingerprint density at radius 1 is 1.24 bits per heavy atom. The molecule has 2 bridgehead atoms. The number of nitrogens with one attached hydrogen (secondary N) is 1. The highest BCUT2D eigenvalue weighted by molar-refractivity contribution is 7.17. The fourth-order valence-corrected chi connectivity index (χ4v) is 6.43. The first-order valence-electron chi connectivity index (χ1n) is 9.69. The number of carbonyl (C=O) groups excluding carboxylic acids is 2. The predicted octanol–water partition coefficient (Wildman–Crippen LogP) is 4.42. The van der Waals surface area contributed by atoms with E-state index in [1.54, 1.807) is 11.3 Å². The molecule has 1 amide bonds. The molecule has 2 saturated carbocycles. The van der Waals surface area contributed by atoms with Crippen molar-refractivity contribution in [2.24, 2.45) is 23.7 Å². The smallest absolute Gasteiger partial charge is 0.341 e. The molecule has 1 N–H and O–H groups in total. The number of ether oxygens (including phenoxy) is 1. The van der Waals surface area contributed by atoms with Gasteiger partial charge in [0.2, 0.25) is 5.91 Å². The zero-order valence-corrected chi connectivity index (χ0v) is 15.9. The molecule has 0 aromatic carbocycles.